The van der Waals surface area contributed by atoms with Crippen LogP contribution in [0.5, 0.6) is 5.88 Å². The summed E-state index contributed by atoms with van der Waals surface area (Å²) in [5.41, 5.74) is 0.437. The van der Waals surface area contributed by atoms with Crippen LogP contribution in [-0.4, -0.2) is 130 Å². The summed E-state index contributed by atoms with van der Waals surface area (Å²) in [4.78, 5) is 79.1. The first-order chi connectivity index (χ1) is 22.0. The summed E-state index contributed by atoms with van der Waals surface area (Å²) >= 11 is 0. The third-order valence-electron chi connectivity index (χ3n) is 7.57. The minimum absolute atomic E-state index is 0.103. The van der Waals surface area contributed by atoms with Crippen LogP contribution in [-0.2, 0) is 23.9 Å². The second-order valence-corrected chi connectivity index (χ2v) is 10.9. The highest BCUT2D eigenvalue weighted by Crippen LogP contribution is 2.21. The van der Waals surface area contributed by atoms with Gasteiger partial charge < -0.3 is 39.9 Å². The number of nitrogens with zero attached hydrogens (tertiary/aromatic N) is 5. The van der Waals surface area contributed by atoms with E-state index in [-0.39, 0.29) is 81.7 Å². The molecule has 2 aliphatic rings. The van der Waals surface area contributed by atoms with E-state index in [0.717, 1.165) is 0 Å². The number of likely N-dealkylation sites (tertiary alicyclic amines) is 1. The van der Waals surface area contributed by atoms with E-state index in [4.69, 9.17) is 9.47 Å². The van der Waals surface area contributed by atoms with Gasteiger partial charge in [0, 0.05) is 64.7 Å². The lowest BCUT2D eigenvalue weighted by molar-refractivity contribution is -0.138. The van der Waals surface area contributed by atoms with Crippen LogP contribution in [0.2, 0.25) is 0 Å². The van der Waals surface area contributed by atoms with Gasteiger partial charge in [-0.05, 0) is 31.9 Å². The van der Waals surface area contributed by atoms with Gasteiger partial charge in [0.1, 0.15) is 6.04 Å². The fourth-order valence-electron chi connectivity index (χ4n) is 5.25. The number of rotatable bonds is 12. The molecule has 3 N–H and O–H groups in total. The molecule has 3 heterocycles. The molecule has 2 atom stereocenters. The smallest absolute Gasteiger partial charge is 0.409 e. The molecule has 1 aromatic heterocycles. The second kappa shape index (κ2) is 15.7. The summed E-state index contributed by atoms with van der Waals surface area (Å²) < 4.78 is 12.2. The third kappa shape index (κ3) is 8.95. The first-order valence-corrected chi connectivity index (χ1v) is 15.1. The maximum Gasteiger partial charge on any atom is 0.409 e. The molecule has 0 aliphatic carbocycles. The summed E-state index contributed by atoms with van der Waals surface area (Å²) in [5.74, 6) is -2.72. The Balaban J connectivity index is 1.46. The van der Waals surface area contributed by atoms with E-state index >= 15 is 0 Å². The molecule has 2 fully saturated rings. The molecule has 4 rings (SSSR count). The average Bonchev–Trinajstić information content (AvgIpc) is 3.69. The van der Waals surface area contributed by atoms with Crippen LogP contribution in [0.4, 0.5) is 4.79 Å². The number of amides is 5. The van der Waals surface area contributed by atoms with Gasteiger partial charge in [-0.3, -0.25) is 24.0 Å². The number of nitrogens with one attached hydrogen (secondary N) is 2. The summed E-state index contributed by atoms with van der Waals surface area (Å²) in [6.45, 7) is 4.66. The molecule has 2 aliphatic heterocycles. The van der Waals surface area contributed by atoms with Crippen molar-refractivity contribution < 1.29 is 43.3 Å². The van der Waals surface area contributed by atoms with Crippen LogP contribution in [0.15, 0.2) is 36.4 Å². The van der Waals surface area contributed by atoms with Crippen LogP contribution in [0.25, 0.3) is 5.69 Å². The molecule has 2 aromatic rings. The fraction of sp³-hybridized carbons (Fsp3) is 0.500. The number of para-hydroxylation sites is 1. The minimum Gasteiger partial charge on any atom is -0.481 e. The van der Waals surface area contributed by atoms with Crippen molar-refractivity contribution in [1.82, 2.24) is 35.1 Å². The maximum absolute atomic E-state index is 13.4. The number of hydrogen-bond donors (Lipinski definition) is 3. The number of benzene rings is 1. The highest BCUT2D eigenvalue weighted by molar-refractivity contribution is 5.96. The normalized spacial score (nSPS) is 16.8. The van der Waals surface area contributed by atoms with E-state index in [1.54, 1.807) is 42.2 Å². The summed E-state index contributed by atoms with van der Waals surface area (Å²) in [6.07, 6.45) is -0.382. The monoisotopic (exact) mass is 641 g/mol. The van der Waals surface area contributed by atoms with Crippen molar-refractivity contribution in [2.75, 3.05) is 52.5 Å². The van der Waals surface area contributed by atoms with Gasteiger partial charge in [-0.15, -0.1) is 0 Å². The van der Waals surface area contributed by atoms with Crippen molar-refractivity contribution in [2.24, 2.45) is 0 Å². The van der Waals surface area contributed by atoms with Crippen molar-refractivity contribution >= 4 is 35.7 Å². The molecule has 46 heavy (non-hydrogen) atoms. The second-order valence-electron chi connectivity index (χ2n) is 10.9. The molecule has 1 aromatic carbocycles. The Labute approximate surface area is 265 Å². The molecule has 2 saturated heterocycles. The topological polar surface area (TPSA) is 193 Å². The predicted molar refractivity (Wildman–Crippen MR) is 161 cm³/mol. The first-order valence-electron chi connectivity index (χ1n) is 15.1. The number of ether oxygens (including phenoxy) is 2. The molecule has 0 saturated carbocycles. The van der Waals surface area contributed by atoms with Crippen LogP contribution in [0, 0.1) is 0 Å². The lowest BCUT2D eigenvalue weighted by atomic mass is 10.1. The van der Waals surface area contributed by atoms with Crippen LogP contribution in [0.3, 0.4) is 0 Å². The number of piperazine rings is 1. The molecular weight excluding hydrogens is 602 g/mol. The van der Waals surface area contributed by atoms with E-state index in [9.17, 15) is 33.9 Å². The van der Waals surface area contributed by atoms with Crippen LogP contribution in [0.1, 0.15) is 43.6 Å². The van der Waals surface area contributed by atoms with E-state index in [0.29, 0.717) is 25.2 Å². The highest BCUT2D eigenvalue weighted by Gasteiger charge is 2.32. The summed E-state index contributed by atoms with van der Waals surface area (Å²) in [7, 11) is 0. The Morgan fingerprint density at radius 1 is 1.00 bits per heavy atom. The van der Waals surface area contributed by atoms with Gasteiger partial charge in [0.05, 0.1) is 12.3 Å². The maximum atomic E-state index is 13.4. The Kier molecular flexibility index (Phi) is 11.5. The highest BCUT2D eigenvalue weighted by atomic mass is 16.6. The van der Waals surface area contributed by atoms with Gasteiger partial charge in [0.25, 0.3) is 11.8 Å². The minimum atomic E-state index is -1.17. The quantitative estimate of drug-likeness (QED) is 0.289. The molecular formula is C30H39N7O9. The van der Waals surface area contributed by atoms with Gasteiger partial charge in [0.2, 0.25) is 17.7 Å². The van der Waals surface area contributed by atoms with Gasteiger partial charge in [-0.2, -0.15) is 5.10 Å². The number of carboxylic acid groups (broad SMARTS) is 1. The lowest BCUT2D eigenvalue weighted by Gasteiger charge is -2.35. The van der Waals surface area contributed by atoms with Crippen molar-refractivity contribution in [1.29, 1.82) is 0 Å². The van der Waals surface area contributed by atoms with E-state index < -0.39 is 29.9 Å². The number of aromatic nitrogens is 2. The Morgan fingerprint density at radius 2 is 1.70 bits per heavy atom. The molecule has 16 nitrogen and oxygen atoms in total. The largest absolute Gasteiger partial charge is 0.481 e. The SMILES string of the molecule is CCOC(=O)N1CCN(C(=O)C(CCC(=O)O)NC(=O)c2cc(OCC(=O)N3CCC(NC(C)=O)C3)n(-c3ccccc3)n2)CC1. The standard InChI is InChI=1S/C30H39N7O9/c1-3-45-30(44)35-15-13-34(14-16-35)29(43)23(9-10-27(40)41)32-28(42)24-17-26(37(33-24)22-7-5-4-6-8-22)46-19-25(39)36-12-11-21(18-36)31-20(2)38/h4-8,17,21,23H,3,9-16,18-19H2,1-2H3,(H,31,38)(H,32,42)(H,40,41). The zero-order valence-corrected chi connectivity index (χ0v) is 25.8. The molecule has 5 amide bonds. The van der Waals surface area contributed by atoms with E-state index in [1.165, 1.54) is 27.5 Å². The van der Waals surface area contributed by atoms with Gasteiger partial charge >= 0.3 is 12.1 Å². The fourth-order valence-corrected chi connectivity index (χ4v) is 5.25. The number of aliphatic carboxylic acids is 1. The first kappa shape index (κ1) is 33.7. The number of carboxylic acids is 1. The number of carbonyl (C=O) groups is 6. The molecule has 0 bridgehead atoms. The van der Waals surface area contributed by atoms with Crippen LogP contribution >= 0.6 is 0 Å². The van der Waals surface area contributed by atoms with E-state index in [2.05, 4.69) is 15.7 Å². The van der Waals surface area contributed by atoms with Gasteiger partial charge in [-0.1, -0.05) is 18.2 Å². The number of carbonyl (C=O) groups excluding carboxylic acids is 5. The molecule has 0 radical (unpaired) electrons. The molecule has 248 valence electrons. The number of hydrogen-bond acceptors (Lipinski definition) is 9. The zero-order chi connectivity index (χ0) is 33.2. The Morgan fingerprint density at radius 3 is 2.35 bits per heavy atom. The Bertz CT molecular complexity index is 1420. The van der Waals surface area contributed by atoms with Crippen molar-refractivity contribution in [3.05, 3.63) is 42.1 Å². The van der Waals surface area contributed by atoms with Gasteiger partial charge in [-0.25, -0.2) is 9.48 Å². The molecule has 2 unspecified atom stereocenters. The molecule has 0 spiro atoms. The predicted octanol–water partition coefficient (Wildman–Crippen LogP) is 0.252. The summed E-state index contributed by atoms with van der Waals surface area (Å²) in [6, 6.07) is 8.84. The van der Waals surface area contributed by atoms with E-state index in [1.807, 2.05) is 0 Å². The van der Waals surface area contributed by atoms with Gasteiger partial charge in [0.15, 0.2) is 12.3 Å². The van der Waals surface area contributed by atoms with Crippen molar-refractivity contribution in [3.63, 3.8) is 0 Å². The third-order valence-corrected chi connectivity index (χ3v) is 7.57. The Hall–Kier alpha value is -5.15. The molecule has 16 heteroatoms. The van der Waals surface area contributed by atoms with Crippen LogP contribution < -0.4 is 15.4 Å². The average molecular weight is 642 g/mol. The zero-order valence-electron chi connectivity index (χ0n) is 25.8. The lowest BCUT2D eigenvalue weighted by Crippen LogP contribution is -2.56. The van der Waals surface area contributed by atoms with Crippen molar-refractivity contribution in [2.45, 2.75) is 45.2 Å². The summed E-state index contributed by atoms with van der Waals surface area (Å²) in [5, 5.41) is 19.1. The van der Waals surface area contributed by atoms with Crippen molar-refractivity contribution in [3.8, 4) is 11.6 Å².